The van der Waals surface area contributed by atoms with Crippen molar-refractivity contribution in [3.05, 3.63) is 36.0 Å². The first-order valence-corrected chi connectivity index (χ1v) is 8.51. The van der Waals surface area contributed by atoms with Crippen LogP contribution in [0.4, 0.5) is 4.79 Å². The molecule has 4 rings (SSSR count). The summed E-state index contributed by atoms with van der Waals surface area (Å²) in [6.45, 7) is 1.22. The molecule has 0 aliphatic carbocycles. The molecule has 6 heteroatoms. The molecule has 24 heavy (non-hydrogen) atoms. The Balaban J connectivity index is 1.43. The Morgan fingerprint density at radius 3 is 2.96 bits per heavy atom. The molecular weight excluding hydrogens is 306 g/mol. The molecule has 0 radical (unpaired) electrons. The number of ether oxygens (including phenoxy) is 1. The monoisotopic (exact) mass is 327 g/mol. The quantitative estimate of drug-likeness (QED) is 0.827. The molecule has 2 aliphatic rings. The highest BCUT2D eigenvalue weighted by molar-refractivity contribution is 6.04. The number of hydrogen-bond donors (Lipinski definition) is 2. The number of para-hydroxylation sites is 1. The van der Waals surface area contributed by atoms with Crippen molar-refractivity contribution >= 4 is 22.8 Å². The summed E-state index contributed by atoms with van der Waals surface area (Å²) in [5.41, 5.74) is 2.09. The Kier molecular flexibility index (Phi) is 3.98. The third-order valence-electron chi connectivity index (χ3n) is 4.90. The summed E-state index contributed by atoms with van der Waals surface area (Å²) in [4.78, 5) is 29.3. The van der Waals surface area contributed by atoms with E-state index in [4.69, 9.17) is 4.74 Å². The minimum Gasteiger partial charge on any atom is -0.378 e. The van der Waals surface area contributed by atoms with E-state index in [1.807, 2.05) is 30.5 Å². The molecule has 0 saturated carbocycles. The van der Waals surface area contributed by atoms with Crippen LogP contribution >= 0.6 is 0 Å². The molecule has 2 saturated heterocycles. The van der Waals surface area contributed by atoms with Crippen LogP contribution in [0.5, 0.6) is 0 Å². The minimum absolute atomic E-state index is 0.136. The largest absolute Gasteiger partial charge is 0.378 e. The number of nitrogens with one attached hydrogen (secondary N) is 2. The second-order valence-electron chi connectivity index (χ2n) is 6.48. The van der Waals surface area contributed by atoms with Crippen LogP contribution in [0.2, 0.25) is 0 Å². The van der Waals surface area contributed by atoms with Gasteiger partial charge in [0.2, 0.25) is 0 Å². The summed E-state index contributed by atoms with van der Waals surface area (Å²) in [6, 6.07) is 7.20. The zero-order valence-electron chi connectivity index (χ0n) is 13.5. The van der Waals surface area contributed by atoms with E-state index in [0.717, 1.165) is 42.3 Å². The Morgan fingerprint density at radius 2 is 2.12 bits per heavy atom. The molecule has 0 spiro atoms. The van der Waals surface area contributed by atoms with Gasteiger partial charge in [0, 0.05) is 36.7 Å². The highest BCUT2D eigenvalue weighted by Gasteiger charge is 2.38. The van der Waals surface area contributed by atoms with Gasteiger partial charge in [0.05, 0.1) is 6.10 Å². The number of imide groups is 1. The molecule has 0 bridgehead atoms. The molecule has 3 amide bonds. The molecular formula is C18H21N3O3. The van der Waals surface area contributed by atoms with Crippen molar-refractivity contribution < 1.29 is 14.3 Å². The van der Waals surface area contributed by atoms with E-state index in [-0.39, 0.29) is 18.0 Å². The number of H-pyrrole nitrogens is 1. The van der Waals surface area contributed by atoms with E-state index in [1.54, 1.807) is 0 Å². The number of fused-ring (bicyclic) bond motifs is 1. The second-order valence-corrected chi connectivity index (χ2v) is 6.48. The standard InChI is InChI=1S/C18H21N3O3/c22-17-16(10-12-11-19-15-6-2-1-5-14(12)15)20-18(23)21(17)8-7-13-4-3-9-24-13/h1-2,5-6,11,13,16,19H,3-4,7-10H2,(H,20,23)/t13-,16-/m1/s1. The van der Waals surface area contributed by atoms with E-state index >= 15 is 0 Å². The molecule has 1 aromatic heterocycles. The Bertz CT molecular complexity index is 764. The van der Waals surface area contributed by atoms with Crippen molar-refractivity contribution in [3.8, 4) is 0 Å². The smallest absolute Gasteiger partial charge is 0.324 e. The highest BCUT2D eigenvalue weighted by atomic mass is 16.5. The average molecular weight is 327 g/mol. The number of carbonyl (C=O) groups is 2. The van der Waals surface area contributed by atoms with Gasteiger partial charge in [-0.15, -0.1) is 0 Å². The van der Waals surface area contributed by atoms with Gasteiger partial charge in [0.1, 0.15) is 6.04 Å². The van der Waals surface area contributed by atoms with E-state index in [9.17, 15) is 9.59 Å². The van der Waals surface area contributed by atoms with Crippen molar-refractivity contribution in [2.45, 2.75) is 37.8 Å². The SMILES string of the molecule is O=C1N[C@H](Cc2c[nH]c3ccccc23)C(=O)N1CC[C@H]1CCCO1. The van der Waals surface area contributed by atoms with Crippen LogP contribution in [-0.4, -0.2) is 47.1 Å². The topological polar surface area (TPSA) is 74.4 Å². The maximum Gasteiger partial charge on any atom is 0.324 e. The molecule has 126 valence electrons. The van der Waals surface area contributed by atoms with Gasteiger partial charge in [-0.25, -0.2) is 4.79 Å². The second kappa shape index (κ2) is 6.28. The number of hydrogen-bond acceptors (Lipinski definition) is 3. The van der Waals surface area contributed by atoms with E-state index in [1.165, 1.54) is 4.90 Å². The molecule has 2 aromatic rings. The van der Waals surface area contributed by atoms with Crippen LogP contribution in [-0.2, 0) is 16.0 Å². The van der Waals surface area contributed by atoms with Crippen LogP contribution in [0.25, 0.3) is 10.9 Å². The summed E-state index contributed by atoms with van der Waals surface area (Å²) in [6.07, 6.45) is 5.40. The molecule has 2 aliphatic heterocycles. The Hall–Kier alpha value is -2.34. The highest BCUT2D eigenvalue weighted by Crippen LogP contribution is 2.22. The first-order valence-electron chi connectivity index (χ1n) is 8.51. The number of aromatic amines is 1. The van der Waals surface area contributed by atoms with Crippen molar-refractivity contribution in [3.63, 3.8) is 0 Å². The van der Waals surface area contributed by atoms with Gasteiger partial charge in [-0.1, -0.05) is 18.2 Å². The van der Waals surface area contributed by atoms with Crippen molar-refractivity contribution in [2.24, 2.45) is 0 Å². The predicted molar refractivity (Wildman–Crippen MR) is 89.6 cm³/mol. The number of nitrogens with zero attached hydrogens (tertiary/aromatic N) is 1. The van der Waals surface area contributed by atoms with Gasteiger partial charge >= 0.3 is 6.03 Å². The maximum absolute atomic E-state index is 12.6. The first kappa shape index (κ1) is 15.2. The molecule has 0 unspecified atom stereocenters. The van der Waals surface area contributed by atoms with Gasteiger partial charge < -0.3 is 15.0 Å². The minimum atomic E-state index is -0.485. The van der Waals surface area contributed by atoms with Gasteiger partial charge in [-0.05, 0) is 30.9 Å². The van der Waals surface area contributed by atoms with Gasteiger partial charge in [0.25, 0.3) is 5.91 Å². The predicted octanol–water partition coefficient (Wildman–Crippen LogP) is 2.20. The zero-order chi connectivity index (χ0) is 16.5. The van der Waals surface area contributed by atoms with Crippen LogP contribution in [0, 0.1) is 0 Å². The van der Waals surface area contributed by atoms with Crippen LogP contribution in [0.1, 0.15) is 24.8 Å². The Labute approximate surface area is 140 Å². The molecule has 1 aromatic carbocycles. The fraction of sp³-hybridized carbons (Fsp3) is 0.444. The lowest BCUT2D eigenvalue weighted by molar-refractivity contribution is -0.127. The van der Waals surface area contributed by atoms with Gasteiger partial charge in [-0.3, -0.25) is 9.69 Å². The van der Waals surface area contributed by atoms with E-state index in [0.29, 0.717) is 13.0 Å². The molecule has 2 atom stereocenters. The summed E-state index contributed by atoms with van der Waals surface area (Å²) < 4.78 is 5.57. The third-order valence-corrected chi connectivity index (χ3v) is 4.90. The molecule has 2 fully saturated rings. The van der Waals surface area contributed by atoms with E-state index in [2.05, 4.69) is 10.3 Å². The number of rotatable bonds is 5. The number of carbonyl (C=O) groups excluding carboxylic acids is 2. The van der Waals surface area contributed by atoms with Crippen LogP contribution < -0.4 is 5.32 Å². The zero-order valence-corrected chi connectivity index (χ0v) is 13.5. The van der Waals surface area contributed by atoms with Crippen LogP contribution in [0.15, 0.2) is 30.5 Å². The molecule has 6 nitrogen and oxygen atoms in total. The Morgan fingerprint density at radius 1 is 1.25 bits per heavy atom. The first-order chi connectivity index (χ1) is 11.7. The maximum atomic E-state index is 12.6. The normalized spacial score (nSPS) is 24.1. The number of urea groups is 1. The number of benzene rings is 1. The van der Waals surface area contributed by atoms with Crippen molar-refractivity contribution in [1.82, 2.24) is 15.2 Å². The van der Waals surface area contributed by atoms with Gasteiger partial charge in [0.15, 0.2) is 0 Å². The summed E-state index contributed by atoms with van der Waals surface area (Å²) in [7, 11) is 0. The lowest BCUT2D eigenvalue weighted by atomic mass is 10.0. The van der Waals surface area contributed by atoms with Crippen LogP contribution in [0.3, 0.4) is 0 Å². The van der Waals surface area contributed by atoms with Gasteiger partial charge in [-0.2, -0.15) is 0 Å². The average Bonchev–Trinajstić information content (AvgIpc) is 3.29. The molecule has 2 N–H and O–H groups in total. The van der Waals surface area contributed by atoms with E-state index < -0.39 is 6.04 Å². The fourth-order valence-corrected chi connectivity index (χ4v) is 3.59. The van der Waals surface area contributed by atoms with Crippen molar-refractivity contribution in [2.75, 3.05) is 13.2 Å². The fourth-order valence-electron chi connectivity index (χ4n) is 3.59. The van der Waals surface area contributed by atoms with Crippen molar-refractivity contribution in [1.29, 1.82) is 0 Å². The lowest BCUT2D eigenvalue weighted by Crippen LogP contribution is -2.34. The third kappa shape index (κ3) is 2.78. The summed E-state index contributed by atoms with van der Waals surface area (Å²) in [5.74, 6) is -0.136. The summed E-state index contributed by atoms with van der Waals surface area (Å²) in [5, 5.41) is 3.91. The lowest BCUT2D eigenvalue weighted by Gasteiger charge is -2.15. The molecule has 3 heterocycles. The number of amides is 3. The summed E-state index contributed by atoms with van der Waals surface area (Å²) >= 11 is 0. The number of aromatic nitrogens is 1.